The van der Waals surface area contributed by atoms with Gasteiger partial charge in [-0.15, -0.1) is 11.8 Å². The number of rotatable bonds is 5. The summed E-state index contributed by atoms with van der Waals surface area (Å²) in [5, 5.41) is 2.54. The third-order valence-electron chi connectivity index (χ3n) is 4.85. The zero-order chi connectivity index (χ0) is 18.7. The maximum Gasteiger partial charge on any atom is 0.255 e. The highest BCUT2D eigenvalue weighted by Crippen LogP contribution is 2.30. The third-order valence-corrected chi connectivity index (χ3v) is 7.84. The number of nitrogens with one attached hydrogen (secondary N) is 1. The molecule has 2 aromatic carbocycles. The van der Waals surface area contributed by atoms with Crippen LogP contribution in [0.2, 0.25) is 0 Å². The normalized spacial score (nSPS) is 15.2. The second kappa shape index (κ2) is 7.84. The molecule has 0 radical (unpaired) electrons. The first-order valence-corrected chi connectivity index (χ1v) is 11.5. The third kappa shape index (κ3) is 3.96. The van der Waals surface area contributed by atoms with Crippen molar-refractivity contribution < 1.29 is 13.2 Å². The molecule has 138 valence electrons. The predicted molar refractivity (Wildman–Crippen MR) is 107 cm³/mol. The highest BCUT2D eigenvalue weighted by Gasteiger charge is 2.30. The summed E-state index contributed by atoms with van der Waals surface area (Å²) in [4.78, 5) is 14.0. The first-order chi connectivity index (χ1) is 12.4. The summed E-state index contributed by atoms with van der Waals surface area (Å²) in [7, 11) is -3.34. The molecular weight excluding hydrogens is 366 g/mol. The number of aryl methyl sites for hydroxylation is 1. The van der Waals surface area contributed by atoms with Gasteiger partial charge in [-0.05, 0) is 61.9 Å². The van der Waals surface area contributed by atoms with E-state index in [1.165, 1.54) is 0 Å². The minimum absolute atomic E-state index is 0.228. The molecule has 0 saturated heterocycles. The summed E-state index contributed by atoms with van der Waals surface area (Å²) in [6.07, 6.45) is 5.33. The zero-order valence-electron chi connectivity index (χ0n) is 15.0. The van der Waals surface area contributed by atoms with Crippen molar-refractivity contribution >= 4 is 33.2 Å². The first kappa shape index (κ1) is 19.0. The van der Waals surface area contributed by atoms with Gasteiger partial charge < -0.3 is 5.32 Å². The largest absolute Gasteiger partial charge is 0.322 e. The van der Waals surface area contributed by atoms with Crippen molar-refractivity contribution in [1.29, 1.82) is 0 Å². The van der Waals surface area contributed by atoms with Crippen LogP contribution in [0.3, 0.4) is 0 Å². The summed E-state index contributed by atoms with van der Waals surface area (Å²) in [5.41, 5.74) is 1.99. The van der Waals surface area contributed by atoms with Crippen molar-refractivity contribution in [2.45, 2.75) is 47.6 Å². The number of carbonyl (C=O) groups is 1. The Morgan fingerprint density at radius 3 is 2.54 bits per heavy atom. The minimum atomic E-state index is -3.34. The highest BCUT2D eigenvalue weighted by molar-refractivity contribution is 7.98. The van der Waals surface area contributed by atoms with Crippen molar-refractivity contribution in [3.05, 3.63) is 53.6 Å². The lowest BCUT2D eigenvalue weighted by molar-refractivity contribution is 0.102. The van der Waals surface area contributed by atoms with Crippen molar-refractivity contribution in [2.75, 3.05) is 11.6 Å². The maximum absolute atomic E-state index is 12.8. The molecule has 1 aliphatic rings. The number of amides is 1. The second-order valence-corrected chi connectivity index (χ2v) is 9.72. The van der Waals surface area contributed by atoms with Crippen LogP contribution in [0.1, 0.15) is 41.6 Å². The van der Waals surface area contributed by atoms with Crippen LogP contribution in [0.25, 0.3) is 0 Å². The van der Waals surface area contributed by atoms with Gasteiger partial charge in [-0.2, -0.15) is 0 Å². The number of sulfone groups is 1. The molecule has 26 heavy (non-hydrogen) atoms. The number of thioether (sulfide) groups is 1. The maximum atomic E-state index is 12.8. The van der Waals surface area contributed by atoms with Crippen molar-refractivity contribution in [2.24, 2.45) is 0 Å². The fourth-order valence-corrected chi connectivity index (χ4v) is 5.65. The zero-order valence-corrected chi connectivity index (χ0v) is 16.6. The van der Waals surface area contributed by atoms with Gasteiger partial charge >= 0.3 is 0 Å². The molecule has 0 aromatic heterocycles. The molecule has 1 amide bonds. The van der Waals surface area contributed by atoms with Crippen molar-refractivity contribution in [3.8, 4) is 0 Å². The van der Waals surface area contributed by atoms with Crippen LogP contribution in [0, 0.1) is 6.92 Å². The van der Waals surface area contributed by atoms with Crippen LogP contribution in [0.4, 0.5) is 5.69 Å². The van der Waals surface area contributed by atoms with Crippen LogP contribution >= 0.6 is 11.8 Å². The predicted octanol–water partition coefficient (Wildman–Crippen LogP) is 4.69. The fraction of sp³-hybridized carbons (Fsp3) is 0.350. The van der Waals surface area contributed by atoms with Gasteiger partial charge in [-0.25, -0.2) is 8.42 Å². The quantitative estimate of drug-likeness (QED) is 0.754. The Balaban J connectivity index is 1.84. The lowest BCUT2D eigenvalue weighted by Gasteiger charge is -2.13. The van der Waals surface area contributed by atoms with Crippen LogP contribution in [0.5, 0.6) is 0 Å². The van der Waals surface area contributed by atoms with E-state index < -0.39 is 9.84 Å². The van der Waals surface area contributed by atoms with Gasteiger partial charge in [-0.3, -0.25) is 4.79 Å². The van der Waals surface area contributed by atoms with Crippen molar-refractivity contribution in [3.63, 3.8) is 0 Å². The minimum Gasteiger partial charge on any atom is -0.322 e. The van der Waals surface area contributed by atoms with Gasteiger partial charge in [0, 0.05) is 16.1 Å². The molecule has 0 unspecified atom stereocenters. The molecule has 0 heterocycles. The van der Waals surface area contributed by atoms with E-state index in [0.717, 1.165) is 36.1 Å². The van der Waals surface area contributed by atoms with E-state index in [4.69, 9.17) is 0 Å². The molecule has 0 spiro atoms. The van der Waals surface area contributed by atoms with E-state index in [2.05, 4.69) is 5.32 Å². The van der Waals surface area contributed by atoms with E-state index in [0.29, 0.717) is 11.3 Å². The van der Waals surface area contributed by atoms with Gasteiger partial charge in [0.1, 0.15) is 0 Å². The van der Waals surface area contributed by atoms with E-state index in [-0.39, 0.29) is 16.1 Å². The SMILES string of the molecule is CSc1ccc(C)c(C(=O)Nc2cccc(S(=O)(=O)C3CCCC3)c2)c1. The molecule has 1 saturated carbocycles. The van der Waals surface area contributed by atoms with Gasteiger partial charge in [0.05, 0.1) is 10.1 Å². The molecule has 0 aliphatic heterocycles. The summed E-state index contributed by atoms with van der Waals surface area (Å²) in [6, 6.07) is 12.3. The van der Waals surface area contributed by atoms with Crippen molar-refractivity contribution in [1.82, 2.24) is 0 Å². The van der Waals surface area contributed by atoms with Gasteiger partial charge in [-0.1, -0.05) is 25.0 Å². The Labute approximate surface area is 159 Å². The van der Waals surface area contributed by atoms with E-state index in [1.807, 2.05) is 31.4 Å². The number of carbonyl (C=O) groups excluding carboxylic acids is 1. The number of benzene rings is 2. The summed E-state index contributed by atoms with van der Waals surface area (Å²) in [5.74, 6) is -0.228. The second-order valence-electron chi connectivity index (χ2n) is 6.61. The van der Waals surface area contributed by atoms with Crippen LogP contribution in [-0.4, -0.2) is 25.8 Å². The molecule has 4 nitrogen and oxygen atoms in total. The number of anilines is 1. The van der Waals surface area contributed by atoms with E-state index in [9.17, 15) is 13.2 Å². The van der Waals surface area contributed by atoms with Gasteiger partial charge in [0.2, 0.25) is 0 Å². The molecule has 2 aromatic rings. The smallest absolute Gasteiger partial charge is 0.255 e. The highest BCUT2D eigenvalue weighted by atomic mass is 32.2. The molecular formula is C20H23NO3S2. The van der Waals surface area contributed by atoms with Gasteiger partial charge in [0.25, 0.3) is 5.91 Å². The van der Waals surface area contributed by atoms with Crippen LogP contribution in [-0.2, 0) is 9.84 Å². The summed E-state index contributed by atoms with van der Waals surface area (Å²) < 4.78 is 25.5. The van der Waals surface area contributed by atoms with Crippen LogP contribution < -0.4 is 5.32 Å². The fourth-order valence-electron chi connectivity index (χ4n) is 3.31. The summed E-state index contributed by atoms with van der Waals surface area (Å²) >= 11 is 1.58. The van der Waals surface area contributed by atoms with E-state index in [1.54, 1.807) is 36.0 Å². The molecule has 0 atom stereocenters. The summed E-state index contributed by atoms with van der Waals surface area (Å²) in [6.45, 7) is 1.89. The van der Waals surface area contributed by atoms with E-state index >= 15 is 0 Å². The lowest BCUT2D eigenvalue weighted by Crippen LogP contribution is -2.18. The molecule has 3 rings (SSSR count). The monoisotopic (exact) mass is 389 g/mol. The Hall–Kier alpha value is -1.79. The lowest BCUT2D eigenvalue weighted by atomic mass is 10.1. The Bertz CT molecular complexity index is 916. The number of hydrogen-bond donors (Lipinski definition) is 1. The molecule has 6 heteroatoms. The number of hydrogen-bond acceptors (Lipinski definition) is 4. The first-order valence-electron chi connectivity index (χ1n) is 8.72. The average molecular weight is 390 g/mol. The van der Waals surface area contributed by atoms with Crippen LogP contribution in [0.15, 0.2) is 52.3 Å². The standard InChI is InChI=1S/C20H23NO3S2/c1-14-10-11-16(25-2)13-19(14)20(22)21-15-6-5-9-18(12-15)26(23,24)17-7-3-4-8-17/h5-6,9-13,17H,3-4,7-8H2,1-2H3,(H,21,22). The molecule has 0 bridgehead atoms. The topological polar surface area (TPSA) is 63.2 Å². The Morgan fingerprint density at radius 1 is 1.12 bits per heavy atom. The average Bonchev–Trinajstić information content (AvgIpc) is 3.18. The Kier molecular flexibility index (Phi) is 5.73. The Morgan fingerprint density at radius 2 is 1.85 bits per heavy atom. The molecule has 1 aliphatic carbocycles. The molecule has 1 fully saturated rings. The van der Waals surface area contributed by atoms with Gasteiger partial charge in [0.15, 0.2) is 9.84 Å². The molecule has 1 N–H and O–H groups in total.